The molecule has 0 unspecified atom stereocenters. The van der Waals surface area contributed by atoms with Gasteiger partial charge in [0.1, 0.15) is 11.6 Å². The number of rotatable bonds is 5. The number of hydrogen-bond donors (Lipinski definition) is 2. The molecule has 0 atom stereocenters. The van der Waals surface area contributed by atoms with E-state index in [4.69, 9.17) is 20.8 Å². The number of anilines is 2. The molecular weight excluding hydrogens is 480 g/mol. The third-order valence-corrected chi connectivity index (χ3v) is 7.04. The van der Waals surface area contributed by atoms with Crippen LogP contribution in [0.25, 0.3) is 11.0 Å². The van der Waals surface area contributed by atoms with Crippen molar-refractivity contribution in [2.75, 3.05) is 23.9 Å². The van der Waals surface area contributed by atoms with Gasteiger partial charge in [-0.25, -0.2) is 4.98 Å². The summed E-state index contributed by atoms with van der Waals surface area (Å²) >= 11 is 6.53. The average Bonchev–Trinajstić information content (AvgIpc) is 3.40. The van der Waals surface area contributed by atoms with Crippen LogP contribution in [0, 0.1) is 13.8 Å². The van der Waals surface area contributed by atoms with E-state index in [2.05, 4.69) is 46.7 Å². The molecule has 0 saturated carbocycles. The van der Waals surface area contributed by atoms with Crippen LogP contribution in [-0.4, -0.2) is 34.3 Å². The van der Waals surface area contributed by atoms with Gasteiger partial charge in [0.2, 0.25) is 0 Å². The Morgan fingerprint density at radius 2 is 1.97 bits per heavy atom. The third-order valence-electron chi connectivity index (χ3n) is 6.75. The smallest absolute Gasteiger partial charge is 0.305 e. The molecule has 1 amide bonds. The van der Waals surface area contributed by atoms with E-state index < -0.39 is 5.91 Å². The highest BCUT2D eigenvalue weighted by Crippen LogP contribution is 2.44. The Labute approximate surface area is 214 Å². The molecule has 0 fully saturated rings. The Hall–Kier alpha value is -3.72. The number of halogens is 1. The lowest BCUT2D eigenvalue weighted by Crippen LogP contribution is -2.34. The molecule has 0 spiro atoms. The van der Waals surface area contributed by atoms with Crippen molar-refractivity contribution in [1.82, 2.24) is 20.2 Å². The first kappa shape index (κ1) is 24.0. The van der Waals surface area contributed by atoms with Gasteiger partial charge in [0.25, 0.3) is 5.95 Å². The molecule has 2 N–H and O–H groups in total. The van der Waals surface area contributed by atoms with E-state index in [9.17, 15) is 4.79 Å². The first-order valence-corrected chi connectivity index (χ1v) is 12.1. The Morgan fingerprint density at radius 1 is 1.19 bits per heavy atom. The van der Waals surface area contributed by atoms with E-state index in [1.165, 1.54) is 0 Å². The van der Waals surface area contributed by atoms with Gasteiger partial charge in [-0.15, -0.1) is 0 Å². The molecule has 188 valence electrons. The van der Waals surface area contributed by atoms with Crippen molar-refractivity contribution >= 4 is 40.0 Å². The molecule has 36 heavy (non-hydrogen) atoms. The highest BCUT2D eigenvalue weighted by molar-refractivity contribution is 6.32. The zero-order valence-electron chi connectivity index (χ0n) is 21.2. The summed E-state index contributed by atoms with van der Waals surface area (Å²) in [7, 11) is 3.89. The van der Waals surface area contributed by atoms with Crippen LogP contribution < -0.4 is 20.5 Å². The summed E-state index contributed by atoms with van der Waals surface area (Å²) in [5, 5.41) is 5.89. The van der Waals surface area contributed by atoms with Crippen LogP contribution in [0.4, 0.5) is 11.5 Å². The largest absolute Gasteiger partial charge is 0.424 e. The molecule has 0 radical (unpaired) electrons. The Balaban J connectivity index is 1.30. The first-order chi connectivity index (χ1) is 17.0. The third kappa shape index (κ3) is 4.24. The Kier molecular flexibility index (Phi) is 5.83. The fraction of sp³-hybridized carbons (Fsp3) is 0.346. The van der Waals surface area contributed by atoms with Gasteiger partial charge in [0, 0.05) is 37.8 Å². The molecule has 4 heterocycles. The van der Waals surface area contributed by atoms with Gasteiger partial charge < -0.3 is 14.1 Å². The maximum atomic E-state index is 12.7. The van der Waals surface area contributed by atoms with E-state index in [0.717, 1.165) is 46.5 Å². The minimum Gasteiger partial charge on any atom is -0.424 e. The number of furan rings is 1. The Morgan fingerprint density at radius 3 is 2.75 bits per heavy atom. The minimum absolute atomic E-state index is 0.00596. The molecule has 3 aromatic heterocycles. The molecule has 1 aliphatic rings. The van der Waals surface area contributed by atoms with Gasteiger partial charge in [-0.1, -0.05) is 25.4 Å². The second-order valence-electron chi connectivity index (χ2n) is 9.89. The lowest BCUT2D eigenvalue weighted by Gasteiger charge is -2.38. The summed E-state index contributed by atoms with van der Waals surface area (Å²) in [4.78, 5) is 19.4. The SMILES string of the molecule is Cc1cc(NNC(=O)c2ccc(Oc3cc4c(cc3Cl)N(C)CCC4(C)C)o2)nc2c1c(C)nn2C. The van der Waals surface area contributed by atoms with Gasteiger partial charge in [0.05, 0.1) is 10.7 Å². The van der Waals surface area contributed by atoms with Crippen molar-refractivity contribution in [2.45, 2.75) is 39.5 Å². The quantitative estimate of drug-likeness (QED) is 0.343. The summed E-state index contributed by atoms with van der Waals surface area (Å²) in [6.07, 6.45) is 1.02. The number of carbonyl (C=O) groups is 1. The number of aromatic nitrogens is 3. The molecule has 0 bridgehead atoms. The van der Waals surface area contributed by atoms with Gasteiger partial charge in [-0.3, -0.25) is 20.3 Å². The molecule has 0 saturated heterocycles. The van der Waals surface area contributed by atoms with Crippen molar-refractivity contribution < 1.29 is 13.9 Å². The predicted octanol–water partition coefficient (Wildman–Crippen LogP) is 5.50. The molecule has 1 aromatic carbocycles. The van der Waals surface area contributed by atoms with Crippen LogP contribution >= 0.6 is 11.6 Å². The van der Waals surface area contributed by atoms with E-state index in [0.29, 0.717) is 16.6 Å². The number of aryl methyl sites for hydroxylation is 3. The van der Waals surface area contributed by atoms with Crippen LogP contribution in [0.3, 0.4) is 0 Å². The number of amides is 1. The van der Waals surface area contributed by atoms with Gasteiger partial charge in [-0.2, -0.15) is 5.10 Å². The van der Waals surface area contributed by atoms with Crippen molar-refractivity contribution in [3.05, 3.63) is 57.9 Å². The van der Waals surface area contributed by atoms with Crippen molar-refractivity contribution in [1.29, 1.82) is 0 Å². The number of nitrogens with zero attached hydrogens (tertiary/aromatic N) is 4. The molecular formula is C26H29ClN6O3. The van der Waals surface area contributed by atoms with Crippen molar-refractivity contribution in [3.8, 4) is 11.7 Å². The number of hydrazine groups is 1. The number of benzene rings is 1. The fourth-order valence-corrected chi connectivity index (χ4v) is 4.89. The standard InChI is InChI=1S/C26H29ClN6O3/c1-14-11-21(28-24-23(14)15(2)31-33(24)6)29-30-25(34)19-7-8-22(35-19)36-20-12-16-18(13-17(20)27)32(5)10-9-26(16,3)4/h7-8,11-13H,9-10H2,1-6H3,(H,28,29)(H,30,34). The summed E-state index contributed by atoms with van der Waals surface area (Å²) in [5.74, 6) is 0.765. The lowest BCUT2D eigenvalue weighted by molar-refractivity contribution is 0.0930. The summed E-state index contributed by atoms with van der Waals surface area (Å²) in [6.45, 7) is 9.31. The zero-order chi connectivity index (χ0) is 25.8. The molecule has 5 rings (SSSR count). The summed E-state index contributed by atoms with van der Waals surface area (Å²) in [5.41, 5.74) is 10.4. The van der Waals surface area contributed by atoms with E-state index in [1.807, 2.05) is 39.1 Å². The number of nitrogens with one attached hydrogen (secondary N) is 2. The molecule has 4 aromatic rings. The van der Waals surface area contributed by atoms with Crippen molar-refractivity contribution in [3.63, 3.8) is 0 Å². The molecule has 1 aliphatic heterocycles. The van der Waals surface area contributed by atoms with Gasteiger partial charge in [0.15, 0.2) is 11.4 Å². The summed E-state index contributed by atoms with van der Waals surface area (Å²) in [6, 6.07) is 8.87. The van der Waals surface area contributed by atoms with Crippen LogP contribution in [0.1, 0.15) is 47.6 Å². The Bertz CT molecular complexity index is 1490. The number of hydrogen-bond acceptors (Lipinski definition) is 7. The normalized spacial score (nSPS) is 14.6. The first-order valence-electron chi connectivity index (χ1n) is 11.7. The van der Waals surface area contributed by atoms with Crippen LogP contribution in [-0.2, 0) is 12.5 Å². The lowest BCUT2D eigenvalue weighted by atomic mass is 9.78. The van der Waals surface area contributed by atoms with Gasteiger partial charge in [-0.05, 0) is 61.1 Å². The number of pyridine rings is 1. The molecule has 9 nitrogen and oxygen atoms in total. The zero-order valence-corrected chi connectivity index (χ0v) is 21.9. The number of carbonyl (C=O) groups excluding carboxylic acids is 1. The van der Waals surface area contributed by atoms with E-state index in [-0.39, 0.29) is 17.1 Å². The van der Waals surface area contributed by atoms with Crippen molar-refractivity contribution in [2.24, 2.45) is 7.05 Å². The summed E-state index contributed by atoms with van der Waals surface area (Å²) < 4.78 is 13.3. The van der Waals surface area contributed by atoms with Gasteiger partial charge >= 0.3 is 5.91 Å². The predicted molar refractivity (Wildman–Crippen MR) is 140 cm³/mol. The topological polar surface area (TPSA) is 97.5 Å². The monoisotopic (exact) mass is 508 g/mol. The van der Waals surface area contributed by atoms with E-state index >= 15 is 0 Å². The number of ether oxygens (including phenoxy) is 1. The minimum atomic E-state index is -0.468. The van der Waals surface area contributed by atoms with Crippen LogP contribution in [0.15, 0.2) is 34.7 Å². The highest BCUT2D eigenvalue weighted by atomic mass is 35.5. The van der Waals surface area contributed by atoms with Crippen LogP contribution in [0.2, 0.25) is 5.02 Å². The highest BCUT2D eigenvalue weighted by Gasteiger charge is 2.31. The maximum absolute atomic E-state index is 12.7. The second-order valence-corrected chi connectivity index (χ2v) is 10.3. The fourth-order valence-electron chi connectivity index (χ4n) is 4.69. The average molecular weight is 509 g/mol. The second kappa shape index (κ2) is 8.74. The molecule has 10 heteroatoms. The molecule has 0 aliphatic carbocycles. The maximum Gasteiger partial charge on any atom is 0.305 e. The van der Waals surface area contributed by atoms with Crippen LogP contribution in [0.5, 0.6) is 11.7 Å². The van der Waals surface area contributed by atoms with E-state index in [1.54, 1.807) is 16.8 Å². The number of fused-ring (bicyclic) bond motifs is 2.